The zero-order valence-corrected chi connectivity index (χ0v) is 12.6. The molecule has 108 valence electrons. The van der Waals surface area contributed by atoms with Gasteiger partial charge in [0.05, 0.1) is 5.69 Å². The third-order valence-electron chi connectivity index (χ3n) is 3.80. The molecule has 2 N–H and O–H groups in total. The summed E-state index contributed by atoms with van der Waals surface area (Å²) in [5.74, 6) is 0.130. The van der Waals surface area contributed by atoms with Gasteiger partial charge in [0, 0.05) is 26.1 Å². The van der Waals surface area contributed by atoms with Crippen molar-refractivity contribution in [1.29, 1.82) is 0 Å². The van der Waals surface area contributed by atoms with Crippen molar-refractivity contribution in [1.82, 2.24) is 24.6 Å². The van der Waals surface area contributed by atoms with E-state index in [1.54, 1.807) is 0 Å². The Morgan fingerprint density at radius 2 is 2.30 bits per heavy atom. The molecule has 1 fully saturated rings. The summed E-state index contributed by atoms with van der Waals surface area (Å²) in [5.41, 5.74) is 3.11. The number of hydrogen-bond donors (Lipinski definition) is 2. The molecule has 2 aromatic rings. The molecule has 1 atom stereocenters. The first-order valence-electron chi connectivity index (χ1n) is 7.04. The van der Waals surface area contributed by atoms with Crippen LogP contribution in [0.4, 0.5) is 0 Å². The maximum Gasteiger partial charge on any atom is 0.220 e. The second-order valence-corrected chi connectivity index (χ2v) is 5.75. The quantitative estimate of drug-likeness (QED) is 0.843. The number of aromatic nitrogens is 4. The fourth-order valence-electron chi connectivity index (χ4n) is 2.89. The first kappa shape index (κ1) is 13.4. The number of aryl methyl sites for hydroxylation is 2. The number of amides is 1. The number of nitrogens with one attached hydrogen (secondary N) is 2. The molecule has 6 nitrogen and oxygen atoms in total. The van der Waals surface area contributed by atoms with E-state index in [0.717, 1.165) is 36.1 Å². The van der Waals surface area contributed by atoms with Crippen LogP contribution in [-0.4, -0.2) is 31.3 Å². The molecular formula is C13H19N5OS. The maximum atomic E-state index is 11.3. The van der Waals surface area contributed by atoms with Crippen LogP contribution in [0.1, 0.15) is 31.9 Å². The third kappa shape index (κ3) is 2.15. The monoisotopic (exact) mass is 293 g/mol. The molecule has 1 aliphatic heterocycles. The zero-order valence-electron chi connectivity index (χ0n) is 11.8. The van der Waals surface area contributed by atoms with Crippen molar-refractivity contribution in [3.63, 3.8) is 0 Å². The van der Waals surface area contributed by atoms with E-state index in [1.807, 2.05) is 16.3 Å². The second-order valence-electron chi connectivity index (χ2n) is 5.36. The average molecular weight is 293 g/mol. The molecule has 1 amide bonds. The van der Waals surface area contributed by atoms with E-state index in [9.17, 15) is 4.79 Å². The third-order valence-corrected chi connectivity index (χ3v) is 4.12. The Morgan fingerprint density at radius 3 is 2.95 bits per heavy atom. The first-order valence-corrected chi connectivity index (χ1v) is 7.44. The fourth-order valence-corrected chi connectivity index (χ4v) is 3.16. The van der Waals surface area contributed by atoms with Gasteiger partial charge in [0.2, 0.25) is 5.91 Å². The van der Waals surface area contributed by atoms with Crippen molar-refractivity contribution >= 4 is 29.3 Å². The van der Waals surface area contributed by atoms with E-state index in [4.69, 9.17) is 12.2 Å². The molecule has 0 aliphatic carbocycles. The molecule has 1 aliphatic rings. The lowest BCUT2D eigenvalue weighted by Gasteiger charge is -2.11. The predicted molar refractivity (Wildman–Crippen MR) is 79.0 cm³/mol. The van der Waals surface area contributed by atoms with Crippen LogP contribution in [0.15, 0.2) is 0 Å². The van der Waals surface area contributed by atoms with Crippen LogP contribution in [0.5, 0.6) is 0 Å². The minimum Gasteiger partial charge on any atom is -0.352 e. The second kappa shape index (κ2) is 5.05. The van der Waals surface area contributed by atoms with E-state index >= 15 is 0 Å². The van der Waals surface area contributed by atoms with Gasteiger partial charge in [-0.3, -0.25) is 14.0 Å². The lowest BCUT2D eigenvalue weighted by Crippen LogP contribution is -2.29. The summed E-state index contributed by atoms with van der Waals surface area (Å²) >= 11 is 5.43. The number of hydrogen-bond acceptors (Lipinski definition) is 3. The van der Waals surface area contributed by atoms with Gasteiger partial charge in [-0.25, -0.2) is 0 Å². The molecule has 1 unspecified atom stereocenters. The standard InChI is InChI=1S/C13H19N5OS/c1-3-4-9-11-12(17(2)16-9)18(13(20)15-11)7-8-5-6-10(19)14-8/h8H,3-7H2,1-2H3,(H,14,19)(H,15,20). The predicted octanol–water partition coefficient (Wildman–Crippen LogP) is 1.66. The number of imidazole rings is 1. The molecule has 20 heavy (non-hydrogen) atoms. The normalized spacial score (nSPS) is 18.9. The van der Waals surface area contributed by atoms with Crippen molar-refractivity contribution in [2.24, 2.45) is 7.05 Å². The van der Waals surface area contributed by atoms with Crippen molar-refractivity contribution in [3.8, 4) is 0 Å². The molecule has 0 radical (unpaired) electrons. The van der Waals surface area contributed by atoms with Crippen molar-refractivity contribution in [2.45, 2.75) is 45.2 Å². The van der Waals surface area contributed by atoms with Crippen LogP contribution in [0, 0.1) is 4.77 Å². The smallest absolute Gasteiger partial charge is 0.220 e. The molecular weight excluding hydrogens is 274 g/mol. The number of nitrogens with zero attached hydrogens (tertiary/aromatic N) is 3. The van der Waals surface area contributed by atoms with Crippen LogP contribution in [0.3, 0.4) is 0 Å². The molecule has 0 bridgehead atoms. The molecule has 3 rings (SSSR count). The van der Waals surface area contributed by atoms with Gasteiger partial charge < -0.3 is 10.3 Å². The van der Waals surface area contributed by atoms with Crippen LogP contribution in [0.2, 0.25) is 0 Å². The van der Waals surface area contributed by atoms with Crippen molar-refractivity contribution in [3.05, 3.63) is 10.5 Å². The van der Waals surface area contributed by atoms with E-state index in [0.29, 0.717) is 17.7 Å². The van der Waals surface area contributed by atoms with E-state index < -0.39 is 0 Å². The van der Waals surface area contributed by atoms with Gasteiger partial charge >= 0.3 is 0 Å². The Kier molecular flexibility index (Phi) is 3.37. The highest BCUT2D eigenvalue weighted by atomic mass is 32.1. The van der Waals surface area contributed by atoms with Crippen LogP contribution < -0.4 is 5.32 Å². The Morgan fingerprint density at radius 1 is 1.50 bits per heavy atom. The van der Waals surface area contributed by atoms with Crippen LogP contribution in [0.25, 0.3) is 11.2 Å². The Labute approximate surface area is 122 Å². The summed E-state index contributed by atoms with van der Waals surface area (Å²) in [6.45, 7) is 2.84. The SMILES string of the molecule is CCCc1nn(C)c2c1[nH]c(=S)n2CC1CCC(=O)N1. The molecule has 3 heterocycles. The van der Waals surface area contributed by atoms with Crippen molar-refractivity contribution in [2.75, 3.05) is 0 Å². The Hall–Kier alpha value is -1.63. The molecule has 1 saturated heterocycles. The van der Waals surface area contributed by atoms with Gasteiger partial charge in [0.25, 0.3) is 0 Å². The summed E-state index contributed by atoms with van der Waals surface area (Å²) in [6, 6.07) is 0.165. The largest absolute Gasteiger partial charge is 0.352 e. The topological polar surface area (TPSA) is 67.6 Å². The highest BCUT2D eigenvalue weighted by Gasteiger charge is 2.23. The average Bonchev–Trinajstić information content (AvgIpc) is 3.02. The van der Waals surface area contributed by atoms with Gasteiger partial charge in [0.1, 0.15) is 5.52 Å². The summed E-state index contributed by atoms with van der Waals surface area (Å²) < 4.78 is 4.63. The lowest BCUT2D eigenvalue weighted by atomic mass is 10.2. The molecule has 0 spiro atoms. The lowest BCUT2D eigenvalue weighted by molar-refractivity contribution is -0.119. The van der Waals surface area contributed by atoms with Gasteiger partial charge in [-0.05, 0) is 25.1 Å². The van der Waals surface area contributed by atoms with E-state index in [1.165, 1.54) is 0 Å². The Bertz CT molecular complexity index is 710. The van der Waals surface area contributed by atoms with Crippen molar-refractivity contribution < 1.29 is 4.79 Å². The number of fused-ring (bicyclic) bond motifs is 1. The molecule has 7 heteroatoms. The van der Waals surface area contributed by atoms with Gasteiger partial charge in [0.15, 0.2) is 10.4 Å². The van der Waals surface area contributed by atoms with Crippen LogP contribution in [-0.2, 0) is 24.8 Å². The molecule has 0 aromatic carbocycles. The van der Waals surface area contributed by atoms with Crippen LogP contribution >= 0.6 is 12.2 Å². The number of H-pyrrole nitrogens is 1. The van der Waals surface area contributed by atoms with E-state index in [2.05, 4.69) is 22.3 Å². The highest BCUT2D eigenvalue weighted by Crippen LogP contribution is 2.20. The fraction of sp³-hybridized carbons (Fsp3) is 0.615. The van der Waals surface area contributed by atoms with Gasteiger partial charge in [-0.15, -0.1) is 0 Å². The van der Waals surface area contributed by atoms with E-state index in [-0.39, 0.29) is 11.9 Å². The molecule has 0 saturated carbocycles. The van der Waals surface area contributed by atoms with Gasteiger partial charge in [-0.1, -0.05) is 13.3 Å². The zero-order chi connectivity index (χ0) is 14.3. The minimum absolute atomic E-state index is 0.130. The summed E-state index contributed by atoms with van der Waals surface area (Å²) in [7, 11) is 1.94. The number of carbonyl (C=O) groups is 1. The summed E-state index contributed by atoms with van der Waals surface area (Å²) in [6.07, 6.45) is 3.47. The Balaban J connectivity index is 2.00. The molecule has 2 aromatic heterocycles. The first-order chi connectivity index (χ1) is 9.60. The minimum atomic E-state index is 0.130. The number of carbonyl (C=O) groups excluding carboxylic acids is 1. The maximum absolute atomic E-state index is 11.3. The summed E-state index contributed by atoms with van der Waals surface area (Å²) in [5, 5.41) is 7.55. The highest BCUT2D eigenvalue weighted by molar-refractivity contribution is 7.71. The summed E-state index contributed by atoms with van der Waals surface area (Å²) in [4.78, 5) is 14.6. The van der Waals surface area contributed by atoms with Gasteiger partial charge in [-0.2, -0.15) is 5.10 Å². The number of aromatic amines is 1. The number of rotatable bonds is 4.